The molecule has 94 valence electrons. The number of amides is 3. The van der Waals surface area contributed by atoms with Gasteiger partial charge >= 0.3 is 11.7 Å². The number of benzene rings is 1. The van der Waals surface area contributed by atoms with Crippen molar-refractivity contribution in [3.8, 4) is 0 Å². The van der Waals surface area contributed by atoms with Crippen molar-refractivity contribution in [3.63, 3.8) is 0 Å². The van der Waals surface area contributed by atoms with Gasteiger partial charge in [-0.3, -0.25) is 19.8 Å². The SMILES string of the molecule is O=C1CNC(=O)N1Cc1cccc([N+](=O)[O-])c1F. The van der Waals surface area contributed by atoms with Gasteiger partial charge in [-0.15, -0.1) is 0 Å². The Balaban J connectivity index is 2.30. The standard InChI is InChI=1S/C10H8FN3O4/c11-9-6(2-1-3-7(9)14(17)18)5-13-8(15)4-12-10(13)16/h1-3H,4-5H2,(H,12,16). The van der Waals surface area contributed by atoms with Crippen molar-refractivity contribution in [2.45, 2.75) is 6.54 Å². The van der Waals surface area contributed by atoms with E-state index in [1.807, 2.05) is 0 Å². The monoisotopic (exact) mass is 253 g/mol. The summed E-state index contributed by atoms with van der Waals surface area (Å²) in [6.45, 7) is -0.465. The summed E-state index contributed by atoms with van der Waals surface area (Å²) in [6.07, 6.45) is 0. The van der Waals surface area contributed by atoms with Crippen LogP contribution in [0.1, 0.15) is 5.56 Å². The number of nitro groups is 1. The average molecular weight is 253 g/mol. The zero-order valence-corrected chi connectivity index (χ0v) is 9.05. The number of rotatable bonds is 3. The number of hydrogen-bond donors (Lipinski definition) is 1. The van der Waals surface area contributed by atoms with Crippen LogP contribution in [0, 0.1) is 15.9 Å². The van der Waals surface area contributed by atoms with Gasteiger partial charge in [-0.2, -0.15) is 4.39 Å². The summed E-state index contributed by atoms with van der Waals surface area (Å²) in [5.74, 6) is -1.53. The van der Waals surface area contributed by atoms with E-state index in [1.165, 1.54) is 12.1 Å². The van der Waals surface area contributed by atoms with E-state index in [2.05, 4.69) is 5.32 Å². The number of nitrogens with one attached hydrogen (secondary N) is 1. The molecule has 1 fully saturated rings. The van der Waals surface area contributed by atoms with Gasteiger partial charge in [0.2, 0.25) is 11.7 Å². The van der Waals surface area contributed by atoms with Gasteiger partial charge in [0, 0.05) is 11.6 Å². The van der Waals surface area contributed by atoms with Crippen LogP contribution in [0.2, 0.25) is 0 Å². The Hall–Kier alpha value is -2.51. The molecule has 2 rings (SSSR count). The van der Waals surface area contributed by atoms with Crippen LogP contribution in [-0.2, 0) is 11.3 Å². The van der Waals surface area contributed by atoms with Gasteiger partial charge in [-0.25, -0.2) is 4.79 Å². The van der Waals surface area contributed by atoms with E-state index in [4.69, 9.17) is 0 Å². The summed E-state index contributed by atoms with van der Waals surface area (Å²) >= 11 is 0. The summed E-state index contributed by atoms with van der Waals surface area (Å²) in [5, 5.41) is 12.8. The fraction of sp³-hybridized carbons (Fsp3) is 0.200. The maximum absolute atomic E-state index is 13.7. The van der Waals surface area contributed by atoms with Crippen LogP contribution in [0.15, 0.2) is 18.2 Å². The van der Waals surface area contributed by atoms with Gasteiger partial charge in [0.15, 0.2) is 0 Å². The van der Waals surface area contributed by atoms with Gasteiger partial charge in [0.05, 0.1) is 18.0 Å². The van der Waals surface area contributed by atoms with E-state index >= 15 is 0 Å². The van der Waals surface area contributed by atoms with Crippen LogP contribution in [0.25, 0.3) is 0 Å². The van der Waals surface area contributed by atoms with Crippen molar-refractivity contribution < 1.29 is 18.9 Å². The molecule has 0 aromatic heterocycles. The molecule has 1 N–H and O–H groups in total. The van der Waals surface area contributed by atoms with Crippen molar-refractivity contribution in [2.24, 2.45) is 0 Å². The highest BCUT2D eigenvalue weighted by Gasteiger charge is 2.30. The van der Waals surface area contributed by atoms with Crippen molar-refractivity contribution in [2.75, 3.05) is 6.54 Å². The molecular weight excluding hydrogens is 245 g/mol. The van der Waals surface area contributed by atoms with E-state index in [-0.39, 0.29) is 18.7 Å². The highest BCUT2D eigenvalue weighted by atomic mass is 19.1. The Labute approximate surface area is 100 Å². The van der Waals surface area contributed by atoms with Crippen LogP contribution in [0.3, 0.4) is 0 Å². The van der Waals surface area contributed by atoms with E-state index < -0.39 is 28.4 Å². The zero-order valence-electron chi connectivity index (χ0n) is 9.05. The first kappa shape index (κ1) is 12.0. The molecule has 7 nitrogen and oxygen atoms in total. The topological polar surface area (TPSA) is 92.6 Å². The molecule has 8 heteroatoms. The molecule has 0 aliphatic carbocycles. The Morgan fingerprint density at radius 2 is 2.17 bits per heavy atom. The first-order valence-electron chi connectivity index (χ1n) is 5.00. The van der Waals surface area contributed by atoms with Gasteiger partial charge in [-0.1, -0.05) is 12.1 Å². The number of hydrogen-bond acceptors (Lipinski definition) is 4. The largest absolute Gasteiger partial charge is 0.329 e. The van der Waals surface area contributed by atoms with Crippen molar-refractivity contribution in [1.82, 2.24) is 10.2 Å². The van der Waals surface area contributed by atoms with Crippen LogP contribution in [0.4, 0.5) is 14.9 Å². The third-order valence-electron chi connectivity index (χ3n) is 2.52. The highest BCUT2D eigenvalue weighted by molar-refractivity contribution is 6.01. The lowest BCUT2D eigenvalue weighted by atomic mass is 10.1. The molecule has 1 aliphatic rings. The summed E-state index contributed by atoms with van der Waals surface area (Å²) in [7, 11) is 0. The zero-order chi connectivity index (χ0) is 13.3. The Kier molecular flexibility index (Phi) is 2.92. The first-order valence-corrected chi connectivity index (χ1v) is 5.00. The molecule has 0 radical (unpaired) electrons. The second kappa shape index (κ2) is 4.40. The van der Waals surface area contributed by atoms with Crippen molar-refractivity contribution in [3.05, 3.63) is 39.7 Å². The lowest BCUT2D eigenvalue weighted by Crippen LogP contribution is -2.30. The molecule has 1 aromatic rings. The second-order valence-electron chi connectivity index (χ2n) is 3.65. The summed E-state index contributed by atoms with van der Waals surface area (Å²) in [6, 6.07) is 2.98. The minimum Gasteiger partial charge on any atom is -0.329 e. The number of imide groups is 1. The molecule has 1 saturated heterocycles. The molecule has 0 atom stereocenters. The predicted molar refractivity (Wildman–Crippen MR) is 57.0 cm³/mol. The van der Waals surface area contributed by atoms with Crippen molar-refractivity contribution in [1.29, 1.82) is 0 Å². The van der Waals surface area contributed by atoms with Crippen molar-refractivity contribution >= 4 is 17.6 Å². The first-order chi connectivity index (χ1) is 8.50. The van der Waals surface area contributed by atoms with E-state index in [0.29, 0.717) is 0 Å². The smallest absolute Gasteiger partial charge is 0.324 e. The fourth-order valence-electron chi connectivity index (χ4n) is 1.62. The molecule has 1 aromatic carbocycles. The quantitative estimate of drug-likeness (QED) is 0.489. The van der Waals surface area contributed by atoms with E-state index in [1.54, 1.807) is 0 Å². The Morgan fingerprint density at radius 3 is 2.72 bits per heavy atom. The van der Waals surface area contributed by atoms with Gasteiger partial charge in [0.25, 0.3) is 0 Å². The van der Waals surface area contributed by atoms with Gasteiger partial charge in [-0.05, 0) is 0 Å². The molecule has 0 bridgehead atoms. The average Bonchev–Trinajstić information content (AvgIpc) is 2.63. The molecule has 3 amide bonds. The van der Waals surface area contributed by atoms with Crippen LogP contribution >= 0.6 is 0 Å². The number of halogens is 1. The lowest BCUT2D eigenvalue weighted by molar-refractivity contribution is -0.387. The second-order valence-corrected chi connectivity index (χ2v) is 3.65. The molecule has 0 unspecified atom stereocenters. The molecule has 1 heterocycles. The summed E-state index contributed by atoms with van der Waals surface area (Å²) in [4.78, 5) is 33.1. The molecule has 0 saturated carbocycles. The van der Waals surface area contributed by atoms with Crippen LogP contribution in [0.5, 0.6) is 0 Å². The maximum atomic E-state index is 13.7. The van der Waals surface area contributed by atoms with E-state index in [9.17, 15) is 24.1 Å². The Morgan fingerprint density at radius 1 is 1.44 bits per heavy atom. The molecule has 18 heavy (non-hydrogen) atoms. The summed E-state index contributed by atoms with van der Waals surface area (Å²) < 4.78 is 13.7. The summed E-state index contributed by atoms with van der Waals surface area (Å²) in [5.41, 5.74) is -0.755. The Bertz CT molecular complexity index is 530. The van der Waals surface area contributed by atoms with Gasteiger partial charge < -0.3 is 5.32 Å². The lowest BCUT2D eigenvalue weighted by Gasteiger charge is -2.12. The third-order valence-corrected chi connectivity index (χ3v) is 2.52. The van der Waals surface area contributed by atoms with Crippen LogP contribution in [-0.4, -0.2) is 28.3 Å². The maximum Gasteiger partial charge on any atom is 0.324 e. The molecule has 1 aliphatic heterocycles. The number of carbonyl (C=O) groups is 2. The minimum absolute atomic E-state index is 0.0744. The van der Waals surface area contributed by atoms with Gasteiger partial charge in [0.1, 0.15) is 0 Å². The molecule has 0 spiro atoms. The fourth-order valence-corrected chi connectivity index (χ4v) is 1.62. The number of carbonyl (C=O) groups excluding carboxylic acids is 2. The number of nitro benzene ring substituents is 1. The minimum atomic E-state index is -1.03. The van der Waals surface area contributed by atoms with Crippen LogP contribution < -0.4 is 5.32 Å². The van der Waals surface area contributed by atoms with E-state index in [0.717, 1.165) is 11.0 Å². The molecular formula is C10H8FN3O4. The third kappa shape index (κ3) is 1.99. The highest BCUT2D eigenvalue weighted by Crippen LogP contribution is 2.21. The number of nitrogens with zero attached hydrogens (tertiary/aromatic N) is 2. The number of urea groups is 1. The normalized spacial score (nSPS) is 14.8. The predicted octanol–water partition coefficient (Wildman–Crippen LogP) is 0.786.